The maximum absolute atomic E-state index is 12.1. The largest absolute Gasteiger partial charge is 0.471 e. The van der Waals surface area contributed by atoms with Gasteiger partial charge in [-0.05, 0) is 18.3 Å². The predicted molar refractivity (Wildman–Crippen MR) is 51.4 cm³/mol. The summed E-state index contributed by atoms with van der Waals surface area (Å²) in [6, 6.07) is -0.836. The van der Waals surface area contributed by atoms with Crippen LogP contribution in [0.25, 0.3) is 0 Å². The van der Waals surface area contributed by atoms with Crippen molar-refractivity contribution in [3.8, 4) is 0 Å². The highest BCUT2D eigenvalue weighted by molar-refractivity contribution is 5.84. The molecule has 0 heterocycles. The van der Waals surface area contributed by atoms with Crippen LogP contribution in [0, 0.1) is 17.8 Å². The molecule has 0 radical (unpaired) electrons. The normalized spacial score (nSPS) is 35.0. The lowest BCUT2D eigenvalue weighted by Crippen LogP contribution is -2.51. The van der Waals surface area contributed by atoms with Gasteiger partial charge in [-0.25, -0.2) is 0 Å². The molecule has 7 heteroatoms. The van der Waals surface area contributed by atoms with E-state index in [0.29, 0.717) is 6.42 Å². The highest BCUT2D eigenvalue weighted by atomic mass is 19.4. The van der Waals surface area contributed by atoms with Gasteiger partial charge in [0.15, 0.2) is 0 Å². The summed E-state index contributed by atoms with van der Waals surface area (Å²) in [4.78, 5) is 22.0. The van der Waals surface area contributed by atoms with E-state index in [4.69, 9.17) is 5.73 Å². The van der Waals surface area contributed by atoms with Gasteiger partial charge in [-0.3, -0.25) is 9.59 Å². The van der Waals surface area contributed by atoms with Crippen LogP contribution in [0.15, 0.2) is 12.2 Å². The zero-order chi connectivity index (χ0) is 12.8. The number of rotatable bonds is 2. The Balaban J connectivity index is 2.13. The molecule has 1 fully saturated rings. The van der Waals surface area contributed by atoms with E-state index in [-0.39, 0.29) is 11.8 Å². The van der Waals surface area contributed by atoms with E-state index in [1.54, 1.807) is 12.2 Å². The molecule has 1 unspecified atom stereocenters. The Hall–Kier alpha value is -1.53. The number of alkyl halides is 3. The third kappa shape index (κ3) is 2.01. The van der Waals surface area contributed by atoms with E-state index < -0.39 is 30.0 Å². The third-order valence-corrected chi connectivity index (χ3v) is 3.34. The summed E-state index contributed by atoms with van der Waals surface area (Å²) in [5, 5.41) is 1.87. The number of carbonyl (C=O) groups is 2. The summed E-state index contributed by atoms with van der Waals surface area (Å²) in [6.07, 6.45) is -0.869. The molecule has 0 aromatic heterocycles. The SMILES string of the molecule is NC(=O)C1[C@@H]2C=C[C@@H](C2)[C@H]1NC(=O)C(F)(F)F. The van der Waals surface area contributed by atoms with Crippen LogP contribution in [0.5, 0.6) is 0 Å². The second kappa shape index (κ2) is 3.75. The number of hydrogen-bond acceptors (Lipinski definition) is 2. The summed E-state index contributed by atoms with van der Waals surface area (Å²) < 4.78 is 36.4. The maximum Gasteiger partial charge on any atom is 0.471 e. The minimum Gasteiger partial charge on any atom is -0.369 e. The fourth-order valence-electron chi connectivity index (χ4n) is 2.64. The molecule has 4 atom stereocenters. The predicted octanol–water partition coefficient (Wildman–Crippen LogP) is 0.341. The van der Waals surface area contributed by atoms with Gasteiger partial charge in [0.25, 0.3) is 0 Å². The number of primary amides is 1. The average Bonchev–Trinajstić information content (AvgIpc) is 2.75. The van der Waals surface area contributed by atoms with Crippen molar-refractivity contribution in [3.63, 3.8) is 0 Å². The Bertz CT molecular complexity index is 392. The quantitative estimate of drug-likeness (QED) is 0.692. The van der Waals surface area contributed by atoms with Crippen molar-refractivity contribution in [2.45, 2.75) is 18.6 Å². The third-order valence-electron chi connectivity index (χ3n) is 3.34. The molecule has 0 saturated heterocycles. The number of fused-ring (bicyclic) bond motifs is 2. The molecular formula is C10H11F3N2O2. The van der Waals surface area contributed by atoms with Crippen LogP contribution in [-0.4, -0.2) is 24.0 Å². The molecule has 2 aliphatic rings. The van der Waals surface area contributed by atoms with Crippen LogP contribution in [0.3, 0.4) is 0 Å². The summed E-state index contributed by atoms with van der Waals surface area (Å²) in [7, 11) is 0. The molecule has 94 valence electrons. The van der Waals surface area contributed by atoms with Gasteiger partial charge < -0.3 is 11.1 Å². The van der Waals surface area contributed by atoms with E-state index in [1.807, 2.05) is 5.32 Å². The van der Waals surface area contributed by atoms with Crippen LogP contribution in [0.4, 0.5) is 13.2 Å². The molecule has 4 nitrogen and oxygen atoms in total. The van der Waals surface area contributed by atoms with Crippen molar-refractivity contribution >= 4 is 11.8 Å². The van der Waals surface area contributed by atoms with Gasteiger partial charge in [0.05, 0.1) is 5.92 Å². The maximum atomic E-state index is 12.1. The lowest BCUT2D eigenvalue weighted by Gasteiger charge is -2.26. The molecule has 2 rings (SSSR count). The molecule has 0 spiro atoms. The minimum absolute atomic E-state index is 0.156. The number of allylic oxidation sites excluding steroid dienone is 1. The first-order chi connectivity index (χ1) is 7.80. The Labute approximate surface area is 95.0 Å². The lowest BCUT2D eigenvalue weighted by molar-refractivity contribution is -0.175. The molecule has 2 amide bonds. The molecule has 2 bridgehead atoms. The minimum atomic E-state index is -4.94. The van der Waals surface area contributed by atoms with E-state index in [9.17, 15) is 22.8 Å². The van der Waals surface area contributed by atoms with Gasteiger partial charge in [0.1, 0.15) is 0 Å². The zero-order valence-electron chi connectivity index (χ0n) is 8.70. The Morgan fingerprint density at radius 3 is 2.35 bits per heavy atom. The first-order valence-corrected chi connectivity index (χ1v) is 5.16. The number of hydrogen-bond donors (Lipinski definition) is 2. The number of halogens is 3. The molecule has 0 aliphatic heterocycles. The van der Waals surface area contributed by atoms with E-state index >= 15 is 0 Å². The molecule has 1 saturated carbocycles. The average molecular weight is 248 g/mol. The zero-order valence-corrected chi connectivity index (χ0v) is 8.70. The van der Waals surface area contributed by atoms with Crippen molar-refractivity contribution in [2.75, 3.05) is 0 Å². The monoisotopic (exact) mass is 248 g/mol. The van der Waals surface area contributed by atoms with Gasteiger partial charge >= 0.3 is 12.1 Å². The standard InChI is InChI=1S/C10H11F3N2O2/c11-10(12,13)9(17)15-7-5-2-1-4(3-5)6(7)8(14)16/h1-2,4-7H,3H2,(H2,14,16)(H,15,17)/t4-,5+,6?,7-/m1/s1. The second-order valence-electron chi connectivity index (χ2n) is 4.37. The van der Waals surface area contributed by atoms with Crippen LogP contribution in [0.1, 0.15) is 6.42 Å². The summed E-state index contributed by atoms with van der Waals surface area (Å²) in [5.74, 6) is -3.82. The first-order valence-electron chi connectivity index (χ1n) is 5.16. The molecule has 0 aromatic carbocycles. The lowest BCUT2D eigenvalue weighted by atomic mass is 9.88. The van der Waals surface area contributed by atoms with Crippen molar-refractivity contribution < 1.29 is 22.8 Å². The van der Waals surface area contributed by atoms with Crippen molar-refractivity contribution in [2.24, 2.45) is 23.5 Å². The Morgan fingerprint density at radius 2 is 1.82 bits per heavy atom. The number of amides is 2. The van der Waals surface area contributed by atoms with Crippen molar-refractivity contribution in [1.29, 1.82) is 0 Å². The van der Waals surface area contributed by atoms with E-state index in [2.05, 4.69) is 0 Å². The van der Waals surface area contributed by atoms with Crippen LogP contribution >= 0.6 is 0 Å². The molecule has 0 aromatic rings. The number of carbonyl (C=O) groups excluding carboxylic acids is 2. The van der Waals surface area contributed by atoms with Gasteiger partial charge in [0.2, 0.25) is 5.91 Å². The van der Waals surface area contributed by atoms with Gasteiger partial charge in [-0.15, -0.1) is 0 Å². The number of nitrogens with two attached hydrogens (primary N) is 1. The molecule has 17 heavy (non-hydrogen) atoms. The molecule has 2 aliphatic carbocycles. The fourth-order valence-corrected chi connectivity index (χ4v) is 2.64. The summed E-state index contributed by atoms with van der Waals surface area (Å²) in [6.45, 7) is 0. The van der Waals surface area contributed by atoms with Crippen LogP contribution in [-0.2, 0) is 9.59 Å². The first kappa shape index (κ1) is 11.9. The van der Waals surface area contributed by atoms with Gasteiger partial charge in [-0.2, -0.15) is 13.2 Å². The highest BCUT2D eigenvalue weighted by Crippen LogP contribution is 2.43. The Morgan fingerprint density at radius 1 is 1.24 bits per heavy atom. The fraction of sp³-hybridized carbons (Fsp3) is 0.600. The van der Waals surface area contributed by atoms with Crippen LogP contribution < -0.4 is 11.1 Å². The van der Waals surface area contributed by atoms with Gasteiger partial charge in [0, 0.05) is 6.04 Å². The second-order valence-corrected chi connectivity index (χ2v) is 4.37. The van der Waals surface area contributed by atoms with Crippen LogP contribution in [0.2, 0.25) is 0 Å². The van der Waals surface area contributed by atoms with Crippen molar-refractivity contribution in [3.05, 3.63) is 12.2 Å². The van der Waals surface area contributed by atoms with Crippen molar-refractivity contribution in [1.82, 2.24) is 5.32 Å². The van der Waals surface area contributed by atoms with E-state index in [0.717, 1.165) is 0 Å². The Kier molecular flexibility index (Phi) is 2.63. The smallest absolute Gasteiger partial charge is 0.369 e. The van der Waals surface area contributed by atoms with Gasteiger partial charge in [-0.1, -0.05) is 12.2 Å². The summed E-state index contributed by atoms with van der Waals surface area (Å²) in [5.41, 5.74) is 5.15. The van der Waals surface area contributed by atoms with E-state index in [1.165, 1.54) is 0 Å². The molecule has 3 N–H and O–H groups in total. The highest BCUT2D eigenvalue weighted by Gasteiger charge is 2.50. The topological polar surface area (TPSA) is 72.2 Å². The number of nitrogens with one attached hydrogen (secondary N) is 1. The molecular weight excluding hydrogens is 237 g/mol. The summed E-state index contributed by atoms with van der Waals surface area (Å²) >= 11 is 0.